The Bertz CT molecular complexity index is 486. The van der Waals surface area contributed by atoms with Crippen LogP contribution in [-0.2, 0) is 11.3 Å². The lowest BCUT2D eigenvalue weighted by Gasteiger charge is -2.14. The number of carbonyl (C=O) groups excluding carboxylic acids is 1. The predicted octanol–water partition coefficient (Wildman–Crippen LogP) is 0.443. The van der Waals surface area contributed by atoms with Crippen LogP contribution in [0.4, 0.5) is 0 Å². The molecule has 6 nitrogen and oxygen atoms in total. The number of aryl methyl sites for hydroxylation is 1. The summed E-state index contributed by atoms with van der Waals surface area (Å²) in [5, 5.41) is 14.8. The molecule has 0 bridgehead atoms. The fraction of sp³-hybridized carbons (Fsp3) is 0.385. The molecule has 1 amide bonds. The van der Waals surface area contributed by atoms with Crippen molar-refractivity contribution in [2.24, 2.45) is 16.6 Å². The molecule has 1 atom stereocenters. The van der Waals surface area contributed by atoms with Gasteiger partial charge in [0.05, 0.1) is 0 Å². The third kappa shape index (κ3) is 4.59. The van der Waals surface area contributed by atoms with Crippen molar-refractivity contribution in [2.75, 3.05) is 0 Å². The number of rotatable bonds is 6. The number of carbonyl (C=O) groups is 1. The zero-order valence-electron chi connectivity index (χ0n) is 11.2. The van der Waals surface area contributed by atoms with Gasteiger partial charge >= 0.3 is 0 Å². The molecule has 0 fully saturated rings. The molecule has 1 aromatic rings. The lowest BCUT2D eigenvalue weighted by Crippen LogP contribution is -2.30. The van der Waals surface area contributed by atoms with Crippen molar-refractivity contribution in [3.8, 4) is 0 Å². The summed E-state index contributed by atoms with van der Waals surface area (Å²) in [4.78, 5) is 10.8. The topological polar surface area (TPSA) is 114 Å². The van der Waals surface area contributed by atoms with Crippen LogP contribution in [0.25, 0.3) is 0 Å². The van der Waals surface area contributed by atoms with E-state index >= 15 is 0 Å². The Hall–Kier alpha value is -2.08. The summed E-state index contributed by atoms with van der Waals surface area (Å²) in [6, 6.07) is 5.58. The van der Waals surface area contributed by atoms with E-state index in [-0.39, 0.29) is 17.8 Å². The first-order valence-electron chi connectivity index (χ1n) is 6.03. The highest BCUT2D eigenvalue weighted by molar-refractivity contribution is 5.97. The molecule has 0 aliphatic carbocycles. The Morgan fingerprint density at radius 1 is 1.47 bits per heavy atom. The predicted molar refractivity (Wildman–Crippen MR) is 73.8 cm³/mol. The molecule has 0 heterocycles. The number of nitrogens with two attached hydrogens (primary N) is 2. The van der Waals surface area contributed by atoms with Gasteiger partial charge in [0.2, 0.25) is 5.91 Å². The van der Waals surface area contributed by atoms with Gasteiger partial charge in [0.1, 0.15) is 0 Å². The second-order valence-corrected chi connectivity index (χ2v) is 4.58. The van der Waals surface area contributed by atoms with Crippen molar-refractivity contribution in [3.05, 3.63) is 34.9 Å². The molecule has 0 spiro atoms. The lowest BCUT2D eigenvalue weighted by molar-refractivity contribution is -0.118. The Labute approximate surface area is 112 Å². The van der Waals surface area contributed by atoms with Gasteiger partial charge in [0, 0.05) is 24.6 Å². The average molecular weight is 264 g/mol. The van der Waals surface area contributed by atoms with Crippen LogP contribution in [0.2, 0.25) is 0 Å². The first-order valence-corrected chi connectivity index (χ1v) is 6.03. The summed E-state index contributed by atoms with van der Waals surface area (Å²) in [5.41, 5.74) is 13.4. The lowest BCUT2D eigenvalue weighted by atomic mass is 10.0. The maximum Gasteiger partial charge on any atom is 0.218 e. The van der Waals surface area contributed by atoms with Gasteiger partial charge in [-0.3, -0.25) is 4.79 Å². The van der Waals surface area contributed by atoms with E-state index in [0.29, 0.717) is 18.5 Å². The van der Waals surface area contributed by atoms with Gasteiger partial charge in [-0.15, -0.1) is 0 Å². The van der Waals surface area contributed by atoms with E-state index in [0.717, 1.165) is 11.1 Å². The molecule has 6 N–H and O–H groups in total. The van der Waals surface area contributed by atoms with Crippen molar-refractivity contribution < 1.29 is 10.0 Å². The summed E-state index contributed by atoms with van der Waals surface area (Å²) in [5.74, 6) is -0.233. The first kappa shape index (κ1) is 15.0. The quantitative estimate of drug-likeness (QED) is 0.258. The van der Waals surface area contributed by atoms with Gasteiger partial charge in [-0.2, -0.15) is 0 Å². The summed E-state index contributed by atoms with van der Waals surface area (Å²) in [6.07, 6.45) is 0.307. The summed E-state index contributed by atoms with van der Waals surface area (Å²) >= 11 is 0. The van der Waals surface area contributed by atoms with E-state index in [1.165, 1.54) is 0 Å². The van der Waals surface area contributed by atoms with Gasteiger partial charge in [0.25, 0.3) is 0 Å². The zero-order valence-corrected chi connectivity index (χ0v) is 11.2. The molecule has 0 aliphatic heterocycles. The number of hydrogen-bond donors (Lipinski definition) is 4. The molecule has 6 heteroatoms. The maximum absolute atomic E-state index is 10.8. The van der Waals surface area contributed by atoms with Gasteiger partial charge in [-0.05, 0) is 31.0 Å². The third-order valence-corrected chi connectivity index (χ3v) is 2.89. The number of nitrogens with one attached hydrogen (secondary N) is 1. The molecule has 1 unspecified atom stereocenters. The zero-order chi connectivity index (χ0) is 14.4. The normalized spacial score (nSPS) is 13.3. The number of amides is 1. The van der Waals surface area contributed by atoms with Crippen molar-refractivity contribution in [1.29, 1.82) is 0 Å². The van der Waals surface area contributed by atoms with E-state index < -0.39 is 0 Å². The first-order chi connectivity index (χ1) is 8.93. The smallest absolute Gasteiger partial charge is 0.218 e. The van der Waals surface area contributed by atoms with E-state index in [4.69, 9.17) is 16.7 Å². The molecule has 104 valence electrons. The number of oxime groups is 1. The van der Waals surface area contributed by atoms with E-state index in [1.807, 2.05) is 26.0 Å². The highest BCUT2D eigenvalue weighted by Crippen LogP contribution is 2.11. The minimum atomic E-state index is -0.320. The number of hydrogen-bond acceptors (Lipinski definition) is 4. The fourth-order valence-corrected chi connectivity index (χ4v) is 1.77. The van der Waals surface area contributed by atoms with Crippen LogP contribution in [0, 0.1) is 6.92 Å². The largest absolute Gasteiger partial charge is 0.409 e. The summed E-state index contributed by atoms with van der Waals surface area (Å²) in [7, 11) is 0. The third-order valence-electron chi connectivity index (χ3n) is 2.89. The number of primary amides is 1. The number of nitrogens with zero attached hydrogens (tertiary/aromatic N) is 1. The van der Waals surface area contributed by atoms with Crippen LogP contribution in [-0.4, -0.2) is 23.0 Å². The van der Waals surface area contributed by atoms with Crippen LogP contribution in [0.1, 0.15) is 30.0 Å². The maximum atomic E-state index is 10.8. The van der Waals surface area contributed by atoms with Crippen LogP contribution >= 0.6 is 0 Å². The van der Waals surface area contributed by atoms with E-state index in [2.05, 4.69) is 10.5 Å². The molecule has 1 aromatic carbocycles. The fourth-order valence-electron chi connectivity index (χ4n) is 1.77. The van der Waals surface area contributed by atoms with E-state index in [1.54, 1.807) is 6.07 Å². The Morgan fingerprint density at radius 2 is 2.16 bits per heavy atom. The van der Waals surface area contributed by atoms with Gasteiger partial charge in [-0.1, -0.05) is 17.3 Å². The van der Waals surface area contributed by atoms with Gasteiger partial charge in [0.15, 0.2) is 5.84 Å². The van der Waals surface area contributed by atoms with Crippen molar-refractivity contribution in [2.45, 2.75) is 32.9 Å². The number of benzene rings is 1. The van der Waals surface area contributed by atoms with Crippen LogP contribution in [0.3, 0.4) is 0 Å². The molecular weight excluding hydrogens is 244 g/mol. The molecule has 0 radical (unpaired) electrons. The van der Waals surface area contributed by atoms with Crippen molar-refractivity contribution >= 4 is 11.7 Å². The monoisotopic (exact) mass is 264 g/mol. The highest BCUT2D eigenvalue weighted by atomic mass is 16.4. The van der Waals surface area contributed by atoms with Gasteiger partial charge < -0.3 is 22.0 Å². The molecule has 0 saturated heterocycles. The van der Waals surface area contributed by atoms with Gasteiger partial charge in [-0.25, -0.2) is 0 Å². The Morgan fingerprint density at radius 3 is 2.68 bits per heavy atom. The Balaban J connectivity index is 2.68. The highest BCUT2D eigenvalue weighted by Gasteiger charge is 2.07. The second-order valence-electron chi connectivity index (χ2n) is 4.58. The standard InChI is InChI=1S/C13H20N4O2/c1-8-5-10(13(15)17-19)3-4-11(8)7-16-9(2)6-12(14)18/h3-5,9,16,19H,6-7H2,1-2H3,(H2,14,18)(H2,15,17). The van der Waals surface area contributed by atoms with Crippen LogP contribution in [0.5, 0.6) is 0 Å². The molecule has 0 aliphatic rings. The molecule has 0 saturated carbocycles. The molecular formula is C13H20N4O2. The average Bonchev–Trinajstić information content (AvgIpc) is 2.35. The summed E-state index contributed by atoms with van der Waals surface area (Å²) < 4.78 is 0. The Kier molecular flexibility index (Phi) is 5.32. The summed E-state index contributed by atoms with van der Waals surface area (Å²) in [6.45, 7) is 4.49. The molecule has 1 rings (SSSR count). The number of amidine groups is 1. The van der Waals surface area contributed by atoms with Crippen molar-refractivity contribution in [1.82, 2.24) is 5.32 Å². The SMILES string of the molecule is Cc1cc(/C(N)=N/O)ccc1CNC(C)CC(N)=O. The minimum absolute atomic E-state index is 0.0284. The van der Waals surface area contributed by atoms with Crippen molar-refractivity contribution in [3.63, 3.8) is 0 Å². The second kappa shape index (κ2) is 6.75. The minimum Gasteiger partial charge on any atom is -0.409 e. The van der Waals surface area contributed by atoms with Crippen LogP contribution in [0.15, 0.2) is 23.4 Å². The van der Waals surface area contributed by atoms with Crippen LogP contribution < -0.4 is 16.8 Å². The molecule has 0 aromatic heterocycles. The van der Waals surface area contributed by atoms with E-state index in [9.17, 15) is 4.79 Å². The molecule has 19 heavy (non-hydrogen) atoms.